The average Bonchev–Trinajstić information content (AvgIpc) is 2.94. The molecule has 3 heterocycles. The molecule has 1 aromatic carbocycles. The number of aryl methyl sites for hydroxylation is 1. The monoisotopic (exact) mass is 379 g/mol. The number of unbranched alkanes of at least 4 members (excludes halogenated alkanes) is 1. The number of carbonyl (C=O) groups excluding carboxylic acids is 2. The second-order valence-electron chi connectivity index (χ2n) is 7.46. The number of methoxy groups -OCH3 is 1. The molecule has 28 heavy (non-hydrogen) atoms. The van der Waals surface area contributed by atoms with E-state index in [0.717, 1.165) is 38.9 Å². The molecule has 2 aromatic rings. The van der Waals surface area contributed by atoms with Gasteiger partial charge in [0.05, 0.1) is 12.7 Å². The van der Waals surface area contributed by atoms with Crippen LogP contribution in [0.5, 0.6) is 5.88 Å². The van der Waals surface area contributed by atoms with E-state index in [4.69, 9.17) is 4.74 Å². The molecule has 0 saturated carbocycles. The van der Waals surface area contributed by atoms with Crippen molar-refractivity contribution in [3.63, 3.8) is 0 Å². The van der Waals surface area contributed by atoms with Gasteiger partial charge in [-0.1, -0.05) is 24.3 Å². The molecule has 0 aliphatic carbocycles. The lowest BCUT2D eigenvalue weighted by Crippen LogP contribution is -2.33. The maximum Gasteiger partial charge on any atom is 0.267 e. The topological polar surface area (TPSA) is 62.7 Å². The summed E-state index contributed by atoms with van der Waals surface area (Å²) in [7, 11) is 1.47. The lowest BCUT2D eigenvalue weighted by Gasteiger charge is -2.28. The van der Waals surface area contributed by atoms with Gasteiger partial charge in [0.2, 0.25) is 5.88 Å². The number of amides is 2. The Kier molecular flexibility index (Phi) is 5.13. The highest BCUT2D eigenvalue weighted by molar-refractivity contribution is 6.22. The van der Waals surface area contributed by atoms with E-state index in [9.17, 15) is 9.59 Å². The summed E-state index contributed by atoms with van der Waals surface area (Å²) in [5.74, 6) is -0.296. The van der Waals surface area contributed by atoms with Gasteiger partial charge in [0, 0.05) is 25.3 Å². The number of benzene rings is 1. The van der Waals surface area contributed by atoms with Gasteiger partial charge in [0.1, 0.15) is 5.56 Å². The summed E-state index contributed by atoms with van der Waals surface area (Å²) in [6.07, 6.45) is 2.82. The van der Waals surface area contributed by atoms with E-state index < -0.39 is 0 Å². The third-order valence-corrected chi connectivity index (χ3v) is 5.56. The number of imide groups is 1. The van der Waals surface area contributed by atoms with Crippen molar-refractivity contribution in [1.82, 2.24) is 14.8 Å². The van der Waals surface area contributed by atoms with E-state index in [1.807, 2.05) is 0 Å². The number of pyridine rings is 1. The first-order chi connectivity index (χ1) is 13.6. The van der Waals surface area contributed by atoms with Gasteiger partial charge in [0.25, 0.3) is 11.8 Å². The van der Waals surface area contributed by atoms with Crippen LogP contribution in [-0.2, 0) is 13.0 Å². The molecular weight excluding hydrogens is 354 g/mol. The number of fused-ring (bicyclic) bond motifs is 2. The molecule has 146 valence electrons. The minimum Gasteiger partial charge on any atom is -0.480 e. The third kappa shape index (κ3) is 3.40. The van der Waals surface area contributed by atoms with E-state index in [-0.39, 0.29) is 17.7 Å². The predicted molar refractivity (Wildman–Crippen MR) is 106 cm³/mol. The quantitative estimate of drug-likeness (QED) is 0.570. The van der Waals surface area contributed by atoms with Crippen molar-refractivity contribution in [2.75, 3.05) is 26.7 Å². The first kappa shape index (κ1) is 18.6. The summed E-state index contributed by atoms with van der Waals surface area (Å²) in [5.41, 5.74) is 4.23. The molecule has 2 aliphatic rings. The summed E-state index contributed by atoms with van der Waals surface area (Å²) in [5, 5.41) is 0. The smallest absolute Gasteiger partial charge is 0.267 e. The molecule has 0 N–H and O–H groups in total. The Morgan fingerprint density at radius 3 is 2.61 bits per heavy atom. The van der Waals surface area contributed by atoms with E-state index in [1.165, 1.54) is 23.1 Å². The van der Waals surface area contributed by atoms with Crippen LogP contribution in [0.4, 0.5) is 0 Å². The van der Waals surface area contributed by atoms with Crippen LogP contribution in [-0.4, -0.2) is 53.3 Å². The van der Waals surface area contributed by atoms with Crippen LogP contribution in [0.15, 0.2) is 30.3 Å². The SMILES string of the molecule is COc1nc(C)cc2c1C(=O)N(CCCCN1CCc3ccccc3C1)C2=O. The largest absolute Gasteiger partial charge is 0.480 e. The fraction of sp³-hybridized carbons (Fsp3) is 0.409. The molecule has 6 heteroatoms. The van der Waals surface area contributed by atoms with Gasteiger partial charge in [-0.25, -0.2) is 4.98 Å². The maximum absolute atomic E-state index is 12.7. The minimum absolute atomic E-state index is 0.239. The first-order valence-corrected chi connectivity index (χ1v) is 9.79. The van der Waals surface area contributed by atoms with Gasteiger partial charge in [-0.3, -0.25) is 19.4 Å². The lowest BCUT2D eigenvalue weighted by atomic mass is 10.00. The minimum atomic E-state index is -0.295. The normalized spacial score (nSPS) is 16.3. The number of carbonyl (C=O) groups is 2. The Bertz CT molecular complexity index is 925. The zero-order valence-electron chi connectivity index (χ0n) is 16.4. The van der Waals surface area contributed by atoms with Gasteiger partial charge in [0.15, 0.2) is 0 Å². The van der Waals surface area contributed by atoms with Gasteiger partial charge in [-0.05, 0) is 49.9 Å². The Morgan fingerprint density at radius 1 is 1.07 bits per heavy atom. The molecule has 0 saturated heterocycles. The molecule has 0 radical (unpaired) electrons. The molecular formula is C22H25N3O3. The molecule has 0 bridgehead atoms. The van der Waals surface area contributed by atoms with Crippen LogP contribution < -0.4 is 4.74 Å². The van der Waals surface area contributed by atoms with E-state index in [1.54, 1.807) is 13.0 Å². The molecule has 0 atom stereocenters. The molecule has 4 rings (SSSR count). The van der Waals surface area contributed by atoms with Crippen LogP contribution in [0.25, 0.3) is 0 Å². The molecule has 0 spiro atoms. The van der Waals surface area contributed by atoms with Crippen molar-refractivity contribution in [3.05, 3.63) is 58.3 Å². The zero-order valence-corrected chi connectivity index (χ0v) is 16.4. The second-order valence-corrected chi connectivity index (χ2v) is 7.46. The summed E-state index contributed by atoms with van der Waals surface area (Å²) in [6.45, 7) is 5.23. The van der Waals surface area contributed by atoms with E-state index >= 15 is 0 Å². The van der Waals surface area contributed by atoms with Crippen molar-refractivity contribution < 1.29 is 14.3 Å². The Labute approximate surface area is 165 Å². The summed E-state index contributed by atoms with van der Waals surface area (Å²) >= 11 is 0. The first-order valence-electron chi connectivity index (χ1n) is 9.79. The van der Waals surface area contributed by atoms with Crippen molar-refractivity contribution >= 4 is 11.8 Å². The zero-order chi connectivity index (χ0) is 19.7. The number of aromatic nitrogens is 1. The summed E-state index contributed by atoms with van der Waals surface area (Å²) in [4.78, 5) is 33.4. The van der Waals surface area contributed by atoms with Gasteiger partial charge < -0.3 is 4.74 Å². The molecule has 1 aromatic heterocycles. The van der Waals surface area contributed by atoms with Gasteiger partial charge in [-0.2, -0.15) is 0 Å². The van der Waals surface area contributed by atoms with Crippen LogP contribution in [0, 0.1) is 6.92 Å². The van der Waals surface area contributed by atoms with E-state index in [2.05, 4.69) is 34.1 Å². The van der Waals surface area contributed by atoms with E-state index in [0.29, 0.717) is 23.4 Å². The molecule has 2 aliphatic heterocycles. The number of hydrogen-bond acceptors (Lipinski definition) is 5. The number of hydrogen-bond donors (Lipinski definition) is 0. The average molecular weight is 379 g/mol. The predicted octanol–water partition coefficient (Wildman–Crippen LogP) is 2.83. The fourth-order valence-corrected chi connectivity index (χ4v) is 4.09. The van der Waals surface area contributed by atoms with Crippen molar-refractivity contribution in [3.8, 4) is 5.88 Å². The molecule has 0 fully saturated rings. The fourth-order valence-electron chi connectivity index (χ4n) is 4.09. The van der Waals surface area contributed by atoms with Crippen LogP contribution in [0.2, 0.25) is 0 Å². The standard InChI is InChI=1S/C22H25N3O3/c1-15-13-18-19(20(23-15)28-2)22(27)25(21(18)26)11-6-5-10-24-12-9-16-7-3-4-8-17(16)14-24/h3-4,7-8,13H,5-6,9-12,14H2,1-2H3. The summed E-state index contributed by atoms with van der Waals surface area (Å²) < 4.78 is 5.22. The molecule has 6 nitrogen and oxygen atoms in total. The molecule has 2 amide bonds. The van der Waals surface area contributed by atoms with Crippen molar-refractivity contribution in [1.29, 1.82) is 0 Å². The maximum atomic E-state index is 12.7. The Morgan fingerprint density at radius 2 is 1.82 bits per heavy atom. The highest BCUT2D eigenvalue weighted by Gasteiger charge is 2.38. The molecule has 0 unspecified atom stereocenters. The summed E-state index contributed by atoms with van der Waals surface area (Å²) in [6, 6.07) is 10.3. The third-order valence-electron chi connectivity index (χ3n) is 5.56. The Balaban J connectivity index is 1.33. The highest BCUT2D eigenvalue weighted by atomic mass is 16.5. The van der Waals surface area contributed by atoms with Crippen LogP contribution >= 0.6 is 0 Å². The van der Waals surface area contributed by atoms with Gasteiger partial charge in [-0.15, -0.1) is 0 Å². The van der Waals surface area contributed by atoms with Crippen molar-refractivity contribution in [2.45, 2.75) is 32.7 Å². The lowest BCUT2D eigenvalue weighted by molar-refractivity contribution is 0.0649. The Hall–Kier alpha value is -2.73. The van der Waals surface area contributed by atoms with Gasteiger partial charge >= 0.3 is 0 Å². The number of rotatable bonds is 6. The van der Waals surface area contributed by atoms with Crippen molar-refractivity contribution in [2.24, 2.45) is 0 Å². The number of ether oxygens (including phenoxy) is 1. The number of nitrogens with zero attached hydrogens (tertiary/aromatic N) is 3. The second kappa shape index (κ2) is 7.72. The van der Waals surface area contributed by atoms with Crippen LogP contribution in [0.1, 0.15) is 50.4 Å². The highest BCUT2D eigenvalue weighted by Crippen LogP contribution is 2.30. The van der Waals surface area contributed by atoms with Crippen LogP contribution in [0.3, 0.4) is 0 Å².